The van der Waals surface area contributed by atoms with E-state index in [-0.39, 0.29) is 11.3 Å². The van der Waals surface area contributed by atoms with Crippen LogP contribution in [0.15, 0.2) is 24.3 Å². The van der Waals surface area contributed by atoms with Crippen molar-refractivity contribution in [3.05, 3.63) is 35.4 Å². The van der Waals surface area contributed by atoms with E-state index in [2.05, 4.69) is 19.1 Å². The maximum atomic E-state index is 12.1. The van der Waals surface area contributed by atoms with Crippen molar-refractivity contribution in [2.45, 2.75) is 40.0 Å². The molecule has 0 unspecified atom stereocenters. The lowest BCUT2D eigenvalue weighted by molar-refractivity contribution is -0.126. The molecule has 0 aliphatic heterocycles. The van der Waals surface area contributed by atoms with Crippen molar-refractivity contribution in [1.82, 2.24) is 0 Å². The topological polar surface area (TPSA) is 17.1 Å². The molecule has 0 spiro atoms. The van der Waals surface area contributed by atoms with Crippen LogP contribution in [-0.4, -0.2) is 5.78 Å². The van der Waals surface area contributed by atoms with Gasteiger partial charge in [0.25, 0.3) is 0 Å². The fourth-order valence-corrected chi connectivity index (χ4v) is 2.13. The summed E-state index contributed by atoms with van der Waals surface area (Å²) in [6.07, 6.45) is 0. The third-order valence-corrected chi connectivity index (χ3v) is 2.96. The molecule has 0 saturated heterocycles. The summed E-state index contributed by atoms with van der Waals surface area (Å²) in [7, 11) is 0. The van der Waals surface area contributed by atoms with E-state index < -0.39 is 0 Å². The van der Waals surface area contributed by atoms with Crippen LogP contribution in [0.3, 0.4) is 0 Å². The summed E-state index contributed by atoms with van der Waals surface area (Å²) < 4.78 is 0. The van der Waals surface area contributed by atoms with Gasteiger partial charge < -0.3 is 0 Å². The van der Waals surface area contributed by atoms with Crippen LogP contribution in [0.25, 0.3) is 0 Å². The number of hydrogen-bond donors (Lipinski definition) is 0. The number of carbonyl (C=O) groups is 1. The van der Waals surface area contributed by atoms with Crippen LogP contribution in [0.2, 0.25) is 0 Å². The van der Waals surface area contributed by atoms with Crippen molar-refractivity contribution < 1.29 is 4.79 Å². The van der Waals surface area contributed by atoms with E-state index in [1.54, 1.807) is 0 Å². The summed E-state index contributed by atoms with van der Waals surface area (Å²) >= 11 is 0. The Kier molecular flexibility index (Phi) is 3.33. The smallest absolute Gasteiger partial charge is 0.145 e. The number of benzene rings is 1. The Labute approximate surface area is 92.5 Å². The van der Waals surface area contributed by atoms with Gasteiger partial charge in [-0.2, -0.15) is 0 Å². The SMILES string of the molecule is Cc1ccccc1C(C)(C)C(=O)C(C)C. The van der Waals surface area contributed by atoms with Gasteiger partial charge in [-0.15, -0.1) is 0 Å². The van der Waals surface area contributed by atoms with Crippen molar-refractivity contribution in [3.8, 4) is 0 Å². The second kappa shape index (κ2) is 4.18. The molecule has 0 radical (unpaired) electrons. The number of ketones is 1. The molecule has 1 aromatic carbocycles. The largest absolute Gasteiger partial charge is 0.298 e. The summed E-state index contributed by atoms with van der Waals surface area (Å²) in [5.41, 5.74) is 1.96. The molecule has 0 aliphatic carbocycles. The van der Waals surface area contributed by atoms with Gasteiger partial charge in [-0.1, -0.05) is 38.1 Å². The van der Waals surface area contributed by atoms with Crippen molar-refractivity contribution in [3.63, 3.8) is 0 Å². The zero-order valence-electron chi connectivity index (χ0n) is 10.3. The van der Waals surface area contributed by atoms with Gasteiger partial charge in [-0.3, -0.25) is 4.79 Å². The van der Waals surface area contributed by atoms with Crippen LogP contribution >= 0.6 is 0 Å². The Morgan fingerprint density at radius 1 is 1.20 bits per heavy atom. The van der Waals surface area contributed by atoms with Gasteiger partial charge in [-0.05, 0) is 31.9 Å². The summed E-state index contributed by atoms with van der Waals surface area (Å²) in [4.78, 5) is 12.1. The van der Waals surface area contributed by atoms with E-state index in [9.17, 15) is 4.79 Å². The summed E-state index contributed by atoms with van der Waals surface area (Å²) in [5.74, 6) is 0.386. The second-order valence-corrected chi connectivity index (χ2v) is 4.96. The van der Waals surface area contributed by atoms with Crippen LogP contribution < -0.4 is 0 Å². The predicted molar refractivity (Wildman–Crippen MR) is 64.1 cm³/mol. The molecule has 1 aromatic rings. The Bertz CT molecular complexity index is 361. The molecule has 1 nitrogen and oxygen atoms in total. The Balaban J connectivity index is 3.17. The lowest BCUT2D eigenvalue weighted by Crippen LogP contribution is -2.33. The van der Waals surface area contributed by atoms with Crippen molar-refractivity contribution in [2.75, 3.05) is 0 Å². The van der Waals surface area contributed by atoms with Crippen molar-refractivity contribution in [1.29, 1.82) is 0 Å². The monoisotopic (exact) mass is 204 g/mol. The highest BCUT2D eigenvalue weighted by Crippen LogP contribution is 2.29. The van der Waals surface area contributed by atoms with E-state index in [1.807, 2.05) is 39.8 Å². The van der Waals surface area contributed by atoms with Crippen LogP contribution in [0, 0.1) is 12.8 Å². The molecule has 0 fully saturated rings. The van der Waals surface area contributed by atoms with E-state index in [4.69, 9.17) is 0 Å². The van der Waals surface area contributed by atoms with Gasteiger partial charge >= 0.3 is 0 Å². The first-order chi connectivity index (χ1) is 6.87. The van der Waals surface area contributed by atoms with Gasteiger partial charge in [0, 0.05) is 11.3 Å². The summed E-state index contributed by atoms with van der Waals surface area (Å²) in [5, 5.41) is 0. The standard InChI is InChI=1S/C14H20O/c1-10(2)13(15)14(4,5)12-9-7-6-8-11(12)3/h6-10H,1-5H3. The van der Waals surface area contributed by atoms with E-state index in [1.165, 1.54) is 5.56 Å². The molecule has 0 aliphatic rings. The normalized spacial score (nSPS) is 11.9. The minimum Gasteiger partial charge on any atom is -0.298 e. The van der Waals surface area contributed by atoms with E-state index >= 15 is 0 Å². The van der Waals surface area contributed by atoms with Gasteiger partial charge in [-0.25, -0.2) is 0 Å². The molecule has 0 N–H and O–H groups in total. The maximum absolute atomic E-state index is 12.1. The number of rotatable bonds is 3. The lowest BCUT2D eigenvalue weighted by Gasteiger charge is -2.27. The van der Waals surface area contributed by atoms with E-state index in [0.717, 1.165) is 5.56 Å². The first kappa shape index (κ1) is 12.0. The molecule has 0 bridgehead atoms. The van der Waals surface area contributed by atoms with Crippen LogP contribution in [0.5, 0.6) is 0 Å². The molecule has 0 heterocycles. The molecular weight excluding hydrogens is 184 g/mol. The number of aryl methyl sites for hydroxylation is 1. The van der Waals surface area contributed by atoms with Crippen molar-refractivity contribution in [2.24, 2.45) is 5.92 Å². The summed E-state index contributed by atoms with van der Waals surface area (Å²) in [6.45, 7) is 10.0. The van der Waals surface area contributed by atoms with Crippen LogP contribution in [-0.2, 0) is 10.2 Å². The van der Waals surface area contributed by atoms with Gasteiger partial charge in [0.15, 0.2) is 0 Å². The minimum absolute atomic E-state index is 0.0830. The zero-order valence-corrected chi connectivity index (χ0v) is 10.3. The zero-order chi connectivity index (χ0) is 11.6. The minimum atomic E-state index is -0.375. The number of carbonyl (C=O) groups excluding carboxylic acids is 1. The Morgan fingerprint density at radius 2 is 1.73 bits per heavy atom. The fraction of sp³-hybridized carbons (Fsp3) is 0.500. The second-order valence-electron chi connectivity index (χ2n) is 4.96. The molecule has 82 valence electrons. The lowest BCUT2D eigenvalue weighted by atomic mass is 9.75. The number of Topliss-reactive ketones (excluding diaryl/α,β-unsaturated/α-hetero) is 1. The van der Waals surface area contributed by atoms with Crippen LogP contribution in [0.1, 0.15) is 38.8 Å². The molecule has 1 rings (SSSR count). The first-order valence-corrected chi connectivity index (χ1v) is 5.47. The third kappa shape index (κ3) is 2.28. The van der Waals surface area contributed by atoms with Gasteiger partial charge in [0.05, 0.1) is 0 Å². The van der Waals surface area contributed by atoms with Gasteiger partial charge in [0.2, 0.25) is 0 Å². The average molecular weight is 204 g/mol. The fourth-order valence-electron chi connectivity index (χ4n) is 2.13. The average Bonchev–Trinajstić information content (AvgIpc) is 2.16. The predicted octanol–water partition coefficient (Wildman–Crippen LogP) is 3.50. The highest BCUT2D eigenvalue weighted by molar-refractivity contribution is 5.91. The Morgan fingerprint density at radius 3 is 2.20 bits per heavy atom. The maximum Gasteiger partial charge on any atom is 0.145 e. The molecule has 0 aromatic heterocycles. The molecule has 1 heteroatoms. The molecule has 0 atom stereocenters. The van der Waals surface area contributed by atoms with Gasteiger partial charge in [0.1, 0.15) is 5.78 Å². The summed E-state index contributed by atoms with van der Waals surface area (Å²) in [6, 6.07) is 8.12. The van der Waals surface area contributed by atoms with E-state index in [0.29, 0.717) is 5.78 Å². The molecular formula is C14H20O. The molecule has 15 heavy (non-hydrogen) atoms. The van der Waals surface area contributed by atoms with Crippen molar-refractivity contribution >= 4 is 5.78 Å². The first-order valence-electron chi connectivity index (χ1n) is 5.47. The highest BCUT2D eigenvalue weighted by atomic mass is 16.1. The Hall–Kier alpha value is -1.11. The molecule has 0 saturated carbocycles. The highest BCUT2D eigenvalue weighted by Gasteiger charge is 2.32. The van der Waals surface area contributed by atoms with Crippen LogP contribution in [0.4, 0.5) is 0 Å². The quantitative estimate of drug-likeness (QED) is 0.736. The number of hydrogen-bond acceptors (Lipinski definition) is 1. The third-order valence-electron chi connectivity index (χ3n) is 2.96. The molecule has 0 amide bonds.